The van der Waals surface area contributed by atoms with Gasteiger partial charge in [-0.05, 0) is 25.7 Å². The smallest absolute Gasteiger partial charge is 0.0953 e. The Labute approximate surface area is 92.7 Å². The first-order valence-electron chi connectivity index (χ1n) is 5.48. The fraction of sp³-hybridized carbons (Fsp3) is 0.750. The third kappa shape index (κ3) is 3.06. The van der Waals surface area contributed by atoms with Crippen LogP contribution in [0.1, 0.15) is 46.7 Å². The van der Waals surface area contributed by atoms with Crippen LogP contribution in [0.2, 0.25) is 0 Å². The highest BCUT2D eigenvalue weighted by Gasteiger charge is 2.28. The summed E-state index contributed by atoms with van der Waals surface area (Å²) in [6.07, 6.45) is 4.84. The predicted molar refractivity (Wildman–Crippen MR) is 63.5 cm³/mol. The summed E-state index contributed by atoms with van der Waals surface area (Å²) in [5, 5.41) is 0. The van der Waals surface area contributed by atoms with E-state index in [1.54, 1.807) is 0 Å². The maximum Gasteiger partial charge on any atom is 0.0953 e. The summed E-state index contributed by atoms with van der Waals surface area (Å²) >= 11 is 0. The van der Waals surface area contributed by atoms with Crippen LogP contribution in [0.15, 0.2) is 12.5 Å². The minimum Gasteiger partial charge on any atom is -0.328 e. The summed E-state index contributed by atoms with van der Waals surface area (Å²) in [5.41, 5.74) is 7.17. The fourth-order valence-electron chi connectivity index (χ4n) is 2.40. The molecule has 0 atom stereocenters. The molecule has 1 aromatic heterocycles. The van der Waals surface area contributed by atoms with Crippen LogP contribution in [0.3, 0.4) is 0 Å². The van der Waals surface area contributed by atoms with Crippen molar-refractivity contribution in [2.75, 3.05) is 0 Å². The van der Waals surface area contributed by atoms with Crippen molar-refractivity contribution in [2.45, 2.75) is 53.1 Å². The van der Waals surface area contributed by atoms with Crippen molar-refractivity contribution in [1.29, 1.82) is 0 Å². The van der Waals surface area contributed by atoms with Crippen LogP contribution in [-0.4, -0.2) is 9.55 Å². The number of aromatic nitrogens is 2. The molecule has 0 spiro atoms. The Bertz CT molecular complexity index is 318. The number of nitrogens with two attached hydrogens (primary N) is 1. The van der Waals surface area contributed by atoms with Crippen molar-refractivity contribution < 1.29 is 0 Å². The molecule has 1 heterocycles. The zero-order valence-electron chi connectivity index (χ0n) is 10.5. The van der Waals surface area contributed by atoms with Crippen LogP contribution in [0.5, 0.6) is 0 Å². The topological polar surface area (TPSA) is 43.8 Å². The van der Waals surface area contributed by atoms with E-state index < -0.39 is 0 Å². The second-order valence-corrected chi connectivity index (χ2v) is 6.01. The van der Waals surface area contributed by atoms with Gasteiger partial charge in [0.2, 0.25) is 0 Å². The molecular weight excluding hydrogens is 186 g/mol. The molecule has 0 aliphatic heterocycles. The third-order valence-corrected chi connectivity index (χ3v) is 2.54. The maximum absolute atomic E-state index is 5.69. The molecule has 0 fully saturated rings. The average molecular weight is 209 g/mol. The standard InChI is InChI=1S/C12H23N3/c1-11(2,3)8-12(4,5)15-9-14-7-10(15)6-13/h7,9H,6,8,13H2,1-5H3. The van der Waals surface area contributed by atoms with E-state index in [-0.39, 0.29) is 5.54 Å². The lowest BCUT2D eigenvalue weighted by Crippen LogP contribution is -2.32. The molecule has 0 aliphatic carbocycles. The van der Waals surface area contributed by atoms with Crippen molar-refractivity contribution in [1.82, 2.24) is 9.55 Å². The highest BCUT2D eigenvalue weighted by atomic mass is 15.1. The summed E-state index contributed by atoms with van der Waals surface area (Å²) in [4.78, 5) is 4.17. The molecule has 0 radical (unpaired) electrons. The van der Waals surface area contributed by atoms with Gasteiger partial charge in [0.1, 0.15) is 0 Å². The number of hydrogen-bond donors (Lipinski definition) is 1. The van der Waals surface area contributed by atoms with Gasteiger partial charge in [0.05, 0.1) is 12.0 Å². The minimum absolute atomic E-state index is 0.0729. The van der Waals surface area contributed by atoms with Gasteiger partial charge in [0, 0.05) is 18.3 Å². The van der Waals surface area contributed by atoms with E-state index >= 15 is 0 Å². The zero-order valence-corrected chi connectivity index (χ0v) is 10.5. The zero-order chi connectivity index (χ0) is 11.7. The summed E-state index contributed by atoms with van der Waals surface area (Å²) < 4.78 is 2.19. The largest absolute Gasteiger partial charge is 0.328 e. The third-order valence-electron chi connectivity index (χ3n) is 2.54. The second-order valence-electron chi connectivity index (χ2n) is 6.01. The van der Waals surface area contributed by atoms with Crippen molar-refractivity contribution in [3.63, 3.8) is 0 Å². The van der Waals surface area contributed by atoms with Crippen LogP contribution in [-0.2, 0) is 12.1 Å². The highest BCUT2D eigenvalue weighted by molar-refractivity contribution is 5.02. The van der Waals surface area contributed by atoms with Gasteiger partial charge in [-0.3, -0.25) is 0 Å². The molecule has 1 rings (SSSR count). The highest BCUT2D eigenvalue weighted by Crippen LogP contribution is 2.32. The Balaban J connectivity index is 2.95. The molecule has 0 aromatic carbocycles. The lowest BCUT2D eigenvalue weighted by atomic mass is 9.81. The molecule has 3 nitrogen and oxygen atoms in total. The van der Waals surface area contributed by atoms with E-state index in [0.29, 0.717) is 12.0 Å². The normalized spacial score (nSPS) is 13.2. The maximum atomic E-state index is 5.69. The van der Waals surface area contributed by atoms with Gasteiger partial charge < -0.3 is 10.3 Å². The molecule has 0 aliphatic rings. The molecule has 15 heavy (non-hydrogen) atoms. The monoisotopic (exact) mass is 209 g/mol. The summed E-state index contributed by atoms with van der Waals surface area (Å²) in [6, 6.07) is 0. The molecule has 0 saturated carbocycles. The van der Waals surface area contributed by atoms with Crippen LogP contribution in [0, 0.1) is 5.41 Å². The molecule has 0 bridgehead atoms. The van der Waals surface area contributed by atoms with E-state index in [9.17, 15) is 0 Å². The second kappa shape index (κ2) is 3.97. The van der Waals surface area contributed by atoms with Crippen LogP contribution < -0.4 is 5.73 Å². The van der Waals surface area contributed by atoms with E-state index in [2.05, 4.69) is 44.2 Å². The molecule has 0 unspecified atom stereocenters. The number of nitrogens with zero attached hydrogens (tertiary/aromatic N) is 2. The van der Waals surface area contributed by atoms with Crippen molar-refractivity contribution >= 4 is 0 Å². The van der Waals surface area contributed by atoms with Gasteiger partial charge in [-0.15, -0.1) is 0 Å². The van der Waals surface area contributed by atoms with Crippen molar-refractivity contribution in [2.24, 2.45) is 11.1 Å². The Kier molecular flexibility index (Phi) is 3.24. The Hall–Kier alpha value is -0.830. The first kappa shape index (κ1) is 12.2. The number of rotatable bonds is 3. The van der Waals surface area contributed by atoms with Gasteiger partial charge in [-0.25, -0.2) is 4.98 Å². The van der Waals surface area contributed by atoms with Crippen LogP contribution in [0.4, 0.5) is 0 Å². The number of imidazole rings is 1. The van der Waals surface area contributed by atoms with Gasteiger partial charge in [0.15, 0.2) is 0 Å². The first-order valence-corrected chi connectivity index (χ1v) is 5.48. The summed E-state index contributed by atoms with van der Waals surface area (Å²) in [6.45, 7) is 11.8. The quantitative estimate of drug-likeness (QED) is 0.831. The summed E-state index contributed by atoms with van der Waals surface area (Å²) in [5.74, 6) is 0. The fourth-order valence-corrected chi connectivity index (χ4v) is 2.40. The molecule has 2 N–H and O–H groups in total. The van der Waals surface area contributed by atoms with Crippen molar-refractivity contribution in [3.8, 4) is 0 Å². The summed E-state index contributed by atoms with van der Waals surface area (Å²) in [7, 11) is 0. The van der Waals surface area contributed by atoms with E-state index in [1.165, 1.54) is 0 Å². The molecule has 1 aromatic rings. The Morgan fingerprint density at radius 3 is 2.33 bits per heavy atom. The minimum atomic E-state index is 0.0729. The van der Waals surface area contributed by atoms with Gasteiger partial charge in [-0.1, -0.05) is 20.8 Å². The number of hydrogen-bond acceptors (Lipinski definition) is 2. The molecule has 0 amide bonds. The lowest BCUT2D eigenvalue weighted by Gasteiger charge is -2.34. The van der Waals surface area contributed by atoms with Crippen LogP contribution >= 0.6 is 0 Å². The van der Waals surface area contributed by atoms with E-state index in [1.807, 2.05) is 12.5 Å². The average Bonchev–Trinajstić information content (AvgIpc) is 2.46. The Morgan fingerprint density at radius 1 is 1.27 bits per heavy atom. The van der Waals surface area contributed by atoms with Gasteiger partial charge >= 0.3 is 0 Å². The molecule has 0 saturated heterocycles. The predicted octanol–water partition coefficient (Wildman–Crippen LogP) is 2.51. The first-order chi connectivity index (χ1) is 6.76. The molecular formula is C12H23N3. The molecule has 3 heteroatoms. The van der Waals surface area contributed by atoms with Gasteiger partial charge in [0.25, 0.3) is 0 Å². The van der Waals surface area contributed by atoms with Crippen molar-refractivity contribution in [3.05, 3.63) is 18.2 Å². The van der Waals surface area contributed by atoms with Crippen LogP contribution in [0.25, 0.3) is 0 Å². The Morgan fingerprint density at radius 2 is 1.87 bits per heavy atom. The lowest BCUT2D eigenvalue weighted by molar-refractivity contribution is 0.210. The SMILES string of the molecule is CC(C)(C)CC(C)(C)n1cncc1CN. The van der Waals surface area contributed by atoms with Gasteiger partial charge in [-0.2, -0.15) is 0 Å². The van der Waals surface area contributed by atoms with E-state index in [0.717, 1.165) is 12.1 Å². The van der Waals surface area contributed by atoms with E-state index in [4.69, 9.17) is 5.73 Å². The molecule has 86 valence electrons.